The summed E-state index contributed by atoms with van der Waals surface area (Å²) in [4.78, 5) is 1.61. The van der Waals surface area contributed by atoms with Gasteiger partial charge in [0, 0.05) is 11.6 Å². The summed E-state index contributed by atoms with van der Waals surface area (Å²) in [6.45, 7) is 6.08. The molecule has 0 saturated heterocycles. The lowest BCUT2D eigenvalue weighted by atomic mass is 10.2. The molecule has 0 radical (unpaired) electrons. The number of nitrogens with one attached hydrogen (secondary N) is 1. The molecule has 0 fully saturated rings. The van der Waals surface area contributed by atoms with E-state index in [9.17, 15) is 0 Å². The van der Waals surface area contributed by atoms with Crippen LogP contribution in [0.2, 0.25) is 5.02 Å². The van der Waals surface area contributed by atoms with Crippen LogP contribution in [0.15, 0.2) is 30.5 Å². The van der Waals surface area contributed by atoms with E-state index in [1.807, 2.05) is 24.3 Å². The fourth-order valence-electron chi connectivity index (χ4n) is 1.56. The fourth-order valence-corrected chi connectivity index (χ4v) is 1.69. The third-order valence-electron chi connectivity index (χ3n) is 2.46. The molecule has 1 N–H and O–H groups in total. The first-order chi connectivity index (χ1) is 8.65. The third-order valence-corrected chi connectivity index (χ3v) is 2.71. The molecule has 0 atom stereocenters. The minimum Gasteiger partial charge on any atom is -0.311 e. The lowest BCUT2D eigenvalue weighted by Gasteiger charge is -2.04. The standard InChI is InChI=1S/C13H17ClN4/c1-10(2)7-15-8-12-9-16-18(17-12)13-5-3-11(14)4-6-13/h3-6,9-10,15H,7-8H2,1-2H3. The maximum atomic E-state index is 5.84. The number of benzene rings is 1. The highest BCUT2D eigenvalue weighted by atomic mass is 35.5. The second kappa shape index (κ2) is 5.98. The monoisotopic (exact) mass is 264 g/mol. The van der Waals surface area contributed by atoms with Gasteiger partial charge in [0.25, 0.3) is 0 Å². The molecule has 2 rings (SSSR count). The average Bonchev–Trinajstić information content (AvgIpc) is 2.78. The zero-order valence-electron chi connectivity index (χ0n) is 10.6. The van der Waals surface area contributed by atoms with E-state index in [-0.39, 0.29) is 0 Å². The number of nitrogens with zero attached hydrogens (tertiary/aromatic N) is 3. The van der Waals surface area contributed by atoms with Gasteiger partial charge in [-0.05, 0) is 36.7 Å². The molecule has 4 nitrogen and oxygen atoms in total. The quantitative estimate of drug-likeness (QED) is 0.903. The van der Waals surface area contributed by atoms with E-state index in [2.05, 4.69) is 29.4 Å². The molecule has 0 aliphatic heterocycles. The van der Waals surface area contributed by atoms with Gasteiger partial charge < -0.3 is 5.32 Å². The second-order valence-corrected chi connectivity index (χ2v) is 5.06. The van der Waals surface area contributed by atoms with Gasteiger partial charge in [-0.15, -0.1) is 0 Å². The molecule has 0 spiro atoms. The van der Waals surface area contributed by atoms with Gasteiger partial charge in [0.2, 0.25) is 0 Å². The van der Waals surface area contributed by atoms with Crippen LogP contribution in [-0.2, 0) is 6.54 Å². The zero-order valence-corrected chi connectivity index (χ0v) is 11.4. The Hall–Kier alpha value is -1.39. The molecule has 96 valence electrons. The largest absolute Gasteiger partial charge is 0.311 e. The van der Waals surface area contributed by atoms with Crippen molar-refractivity contribution in [3.63, 3.8) is 0 Å². The van der Waals surface area contributed by atoms with Crippen LogP contribution in [0.3, 0.4) is 0 Å². The van der Waals surface area contributed by atoms with Gasteiger partial charge in [0.1, 0.15) is 0 Å². The topological polar surface area (TPSA) is 42.7 Å². The summed E-state index contributed by atoms with van der Waals surface area (Å²) in [5.74, 6) is 0.635. The van der Waals surface area contributed by atoms with Crippen LogP contribution in [0.4, 0.5) is 0 Å². The first-order valence-corrected chi connectivity index (χ1v) is 6.41. The van der Waals surface area contributed by atoms with Crippen molar-refractivity contribution in [1.82, 2.24) is 20.3 Å². The molecule has 1 heterocycles. The molecule has 0 aliphatic carbocycles. The van der Waals surface area contributed by atoms with Gasteiger partial charge in [-0.3, -0.25) is 0 Å². The van der Waals surface area contributed by atoms with Crippen molar-refractivity contribution in [1.29, 1.82) is 0 Å². The molecule has 1 aromatic carbocycles. The Bertz CT molecular complexity index is 490. The molecule has 2 aromatic rings. The Morgan fingerprint density at radius 1 is 1.28 bits per heavy atom. The van der Waals surface area contributed by atoms with Crippen molar-refractivity contribution in [2.75, 3.05) is 6.54 Å². The Balaban J connectivity index is 1.99. The van der Waals surface area contributed by atoms with E-state index in [0.29, 0.717) is 10.9 Å². The molecular weight excluding hydrogens is 248 g/mol. The van der Waals surface area contributed by atoms with Gasteiger partial charge in [0.15, 0.2) is 0 Å². The smallest absolute Gasteiger partial charge is 0.0969 e. The van der Waals surface area contributed by atoms with E-state index in [0.717, 1.165) is 24.5 Å². The van der Waals surface area contributed by atoms with Crippen LogP contribution in [0.5, 0.6) is 0 Å². The highest BCUT2D eigenvalue weighted by Gasteiger charge is 2.03. The number of halogens is 1. The molecule has 5 heteroatoms. The van der Waals surface area contributed by atoms with Crippen molar-refractivity contribution in [2.24, 2.45) is 5.92 Å². The van der Waals surface area contributed by atoms with E-state index < -0.39 is 0 Å². The molecule has 0 unspecified atom stereocenters. The summed E-state index contributed by atoms with van der Waals surface area (Å²) in [7, 11) is 0. The van der Waals surface area contributed by atoms with Crippen LogP contribution in [0.1, 0.15) is 19.5 Å². The van der Waals surface area contributed by atoms with Crippen molar-refractivity contribution in [3.8, 4) is 5.69 Å². The Labute approximate surface area is 112 Å². The molecule has 1 aromatic heterocycles. The number of hydrogen-bond donors (Lipinski definition) is 1. The number of rotatable bonds is 5. The van der Waals surface area contributed by atoms with Crippen molar-refractivity contribution < 1.29 is 0 Å². The minimum atomic E-state index is 0.635. The van der Waals surface area contributed by atoms with Crippen molar-refractivity contribution in [2.45, 2.75) is 20.4 Å². The third kappa shape index (κ3) is 3.55. The number of hydrogen-bond acceptors (Lipinski definition) is 3. The van der Waals surface area contributed by atoms with Crippen LogP contribution in [-0.4, -0.2) is 21.5 Å². The van der Waals surface area contributed by atoms with Gasteiger partial charge in [-0.2, -0.15) is 15.0 Å². The van der Waals surface area contributed by atoms with E-state index in [4.69, 9.17) is 11.6 Å². The summed E-state index contributed by atoms with van der Waals surface area (Å²) in [5, 5.41) is 12.7. The van der Waals surface area contributed by atoms with Gasteiger partial charge >= 0.3 is 0 Å². The first kappa shape index (κ1) is 13.1. The van der Waals surface area contributed by atoms with Crippen molar-refractivity contribution >= 4 is 11.6 Å². The van der Waals surface area contributed by atoms with Crippen LogP contribution in [0.25, 0.3) is 5.69 Å². The predicted octanol–water partition coefficient (Wildman–Crippen LogP) is 2.67. The average molecular weight is 265 g/mol. The van der Waals surface area contributed by atoms with Gasteiger partial charge in [-0.25, -0.2) is 0 Å². The van der Waals surface area contributed by atoms with Crippen LogP contribution < -0.4 is 5.32 Å². The molecule has 18 heavy (non-hydrogen) atoms. The molecular formula is C13H17ClN4. The summed E-state index contributed by atoms with van der Waals surface area (Å²) in [6, 6.07) is 7.45. The van der Waals surface area contributed by atoms with E-state index >= 15 is 0 Å². The summed E-state index contributed by atoms with van der Waals surface area (Å²) < 4.78 is 0. The number of aromatic nitrogens is 3. The summed E-state index contributed by atoms with van der Waals surface area (Å²) in [5.41, 5.74) is 1.85. The van der Waals surface area contributed by atoms with E-state index in [1.54, 1.807) is 11.0 Å². The maximum absolute atomic E-state index is 5.84. The van der Waals surface area contributed by atoms with Crippen molar-refractivity contribution in [3.05, 3.63) is 41.2 Å². The Kier molecular flexibility index (Phi) is 4.33. The Morgan fingerprint density at radius 3 is 2.67 bits per heavy atom. The Morgan fingerprint density at radius 2 is 2.00 bits per heavy atom. The lowest BCUT2D eigenvalue weighted by molar-refractivity contribution is 0.546. The first-order valence-electron chi connectivity index (χ1n) is 6.03. The van der Waals surface area contributed by atoms with Crippen LogP contribution >= 0.6 is 11.6 Å². The minimum absolute atomic E-state index is 0.635. The van der Waals surface area contributed by atoms with Gasteiger partial charge in [0.05, 0.1) is 17.6 Å². The lowest BCUT2D eigenvalue weighted by Crippen LogP contribution is -2.19. The maximum Gasteiger partial charge on any atom is 0.0969 e. The van der Waals surface area contributed by atoms with Crippen LogP contribution in [0, 0.1) is 5.92 Å². The van der Waals surface area contributed by atoms with Gasteiger partial charge in [-0.1, -0.05) is 25.4 Å². The molecule has 0 aliphatic rings. The second-order valence-electron chi connectivity index (χ2n) is 4.63. The fraction of sp³-hybridized carbons (Fsp3) is 0.385. The SMILES string of the molecule is CC(C)CNCc1cnn(-c2ccc(Cl)cc2)n1. The molecule has 0 saturated carbocycles. The summed E-state index contributed by atoms with van der Waals surface area (Å²) >= 11 is 5.84. The molecule has 0 bridgehead atoms. The highest BCUT2D eigenvalue weighted by Crippen LogP contribution is 2.11. The zero-order chi connectivity index (χ0) is 13.0. The predicted molar refractivity (Wildman–Crippen MR) is 72.9 cm³/mol. The molecule has 0 amide bonds. The normalized spacial score (nSPS) is 11.1. The summed E-state index contributed by atoms with van der Waals surface area (Å²) in [6.07, 6.45) is 1.78. The van der Waals surface area contributed by atoms with E-state index in [1.165, 1.54) is 0 Å². The highest BCUT2D eigenvalue weighted by molar-refractivity contribution is 6.30.